The molecule has 4 radical (unpaired) electrons. The van der Waals surface area contributed by atoms with Gasteiger partial charge in [-0.1, -0.05) is 17.7 Å². The Balaban J connectivity index is -0.00000127. The maximum Gasteiger partial charge on any atom is 0 e. The largest absolute Gasteiger partial charge is 0 e. The molecule has 0 aliphatic carbocycles. The molecule has 2 rings (SSSR count). The molecule has 0 fully saturated rings. The fourth-order valence-corrected chi connectivity index (χ4v) is 3.30. The number of hydrogen-bond acceptors (Lipinski definition) is 5. The van der Waals surface area contributed by atoms with Crippen molar-refractivity contribution in [1.82, 2.24) is 0 Å². The van der Waals surface area contributed by atoms with E-state index in [0.717, 1.165) is 5.56 Å². The second-order valence-corrected chi connectivity index (χ2v) is 6.92. The van der Waals surface area contributed by atoms with Crippen LogP contribution in [0.4, 0.5) is 0 Å². The van der Waals surface area contributed by atoms with Gasteiger partial charge in [-0.25, -0.2) is 0 Å². The average molecular weight is 524 g/mol. The summed E-state index contributed by atoms with van der Waals surface area (Å²) in [6, 6.07) is 10.5. The van der Waals surface area contributed by atoms with Crippen LogP contribution >= 0.6 is 0 Å². The number of methoxy groups -OCH3 is 2. The van der Waals surface area contributed by atoms with Gasteiger partial charge in [0.1, 0.15) is 17.8 Å². The number of aryl methyl sites for hydroxylation is 1. The minimum absolute atomic E-state index is 0. The van der Waals surface area contributed by atoms with Crippen molar-refractivity contribution in [3.8, 4) is 11.5 Å². The van der Waals surface area contributed by atoms with E-state index in [9.17, 15) is 13.8 Å². The molecule has 1 atom stereocenters. The Hall–Kier alpha value is -2.73. The average Bonchev–Trinajstić information content (AvgIpc) is 2.89. The molecule has 10 heteroatoms. The minimum atomic E-state index is -1.40. The Morgan fingerprint density at radius 3 is 1.91 bits per heavy atom. The predicted molar refractivity (Wildman–Crippen MR) is 116 cm³/mol. The number of ether oxygens (including phenoxy) is 2. The number of benzene rings is 2. The SMILES string of the molecule is COc1cc(C=O)c([C]([CH][CH][S@@](=O)c2ccc(C)cc2)[CH]C=O)c(OC)c1.[C-]#[O+].[C-]#[O+].[C-]#[O+].[Fe]. The second kappa shape index (κ2) is 22.1. The number of aldehydes is 2. The van der Waals surface area contributed by atoms with Crippen LogP contribution in [0.2, 0.25) is 0 Å². The summed E-state index contributed by atoms with van der Waals surface area (Å²) in [6.45, 7) is 15.4. The third-order valence-electron chi connectivity index (χ3n) is 3.85. The molecule has 0 N–H and O–H groups in total. The summed E-state index contributed by atoms with van der Waals surface area (Å²) in [5.74, 6) is 2.70. The van der Waals surface area contributed by atoms with Crippen molar-refractivity contribution in [2.75, 3.05) is 14.2 Å². The van der Waals surface area contributed by atoms with Crippen LogP contribution in [-0.2, 0) is 46.6 Å². The van der Waals surface area contributed by atoms with E-state index in [4.69, 9.17) is 23.4 Å². The Labute approximate surface area is 212 Å². The summed E-state index contributed by atoms with van der Waals surface area (Å²) in [4.78, 5) is 23.3. The Morgan fingerprint density at radius 1 is 0.912 bits per heavy atom. The van der Waals surface area contributed by atoms with E-state index in [1.807, 2.05) is 19.1 Å². The number of carbonyl (C=O) groups excluding carboxylic acids is 2. The molecule has 0 bridgehead atoms. The maximum absolute atomic E-state index is 12.5. The van der Waals surface area contributed by atoms with Gasteiger partial charge in [0.25, 0.3) is 0 Å². The standard InChI is InChI=1S/C21H20O5S.3CO.Fe/c1-15-4-6-19(7-5-15)27(24)11-9-16(8-10-22)21-17(14-23)12-18(25-2)13-20(21)26-3;3*1-2;/h4-14H,1-3H3;;;;/t27-;;;;/m1..../s1. The first-order chi connectivity index (χ1) is 16.0. The second-order valence-electron chi connectivity index (χ2n) is 5.58. The Kier molecular flexibility index (Phi) is 23.3. The molecule has 34 heavy (non-hydrogen) atoms. The number of rotatable bonds is 10. The summed E-state index contributed by atoms with van der Waals surface area (Å²) in [6.07, 6.45) is 4.10. The first-order valence-corrected chi connectivity index (χ1v) is 9.89. The van der Waals surface area contributed by atoms with Gasteiger partial charge in [-0.05, 0) is 31.5 Å². The van der Waals surface area contributed by atoms with Gasteiger partial charge in [0.15, 0.2) is 6.29 Å². The molecule has 0 aliphatic heterocycles. The van der Waals surface area contributed by atoms with Crippen LogP contribution in [0, 0.1) is 51.4 Å². The van der Waals surface area contributed by atoms with Crippen molar-refractivity contribution in [1.29, 1.82) is 0 Å². The molecule has 0 spiro atoms. The summed E-state index contributed by atoms with van der Waals surface area (Å²) >= 11 is 0. The number of hydrogen-bond donors (Lipinski definition) is 0. The van der Waals surface area contributed by atoms with Gasteiger partial charge in [0.05, 0.1) is 30.8 Å². The molecule has 178 valence electrons. The first-order valence-electron chi connectivity index (χ1n) is 8.67. The fourth-order valence-electron chi connectivity index (χ4n) is 2.47. The monoisotopic (exact) mass is 524 g/mol. The topological polar surface area (TPSA) is 129 Å². The van der Waals surface area contributed by atoms with Crippen LogP contribution in [0.5, 0.6) is 11.5 Å². The maximum atomic E-state index is 12.5. The van der Waals surface area contributed by atoms with E-state index < -0.39 is 10.8 Å². The van der Waals surface area contributed by atoms with Gasteiger partial charge in [0, 0.05) is 51.5 Å². The van der Waals surface area contributed by atoms with Gasteiger partial charge in [0.2, 0.25) is 0 Å². The Morgan fingerprint density at radius 2 is 1.47 bits per heavy atom. The summed E-state index contributed by atoms with van der Waals surface area (Å²) in [5, 5.41) is 0. The third-order valence-corrected chi connectivity index (χ3v) is 4.97. The minimum Gasteiger partial charge on any atom is 0 e. The molecule has 0 saturated heterocycles. The van der Waals surface area contributed by atoms with Crippen LogP contribution in [0.15, 0.2) is 41.3 Å². The molecule has 8 nitrogen and oxygen atoms in total. The van der Waals surface area contributed by atoms with Crippen molar-refractivity contribution < 1.29 is 54.3 Å². The van der Waals surface area contributed by atoms with E-state index in [0.29, 0.717) is 46.0 Å². The van der Waals surface area contributed by atoms with Crippen LogP contribution in [-0.4, -0.2) is 31.0 Å². The third kappa shape index (κ3) is 11.4. The molecule has 0 saturated carbocycles. The van der Waals surface area contributed by atoms with E-state index >= 15 is 0 Å². The smallest absolute Gasteiger partial charge is 0 e. The molecule has 0 heterocycles. The van der Waals surface area contributed by atoms with Crippen LogP contribution in [0.1, 0.15) is 21.5 Å². The van der Waals surface area contributed by atoms with Crippen LogP contribution in [0.25, 0.3) is 0 Å². The molecule has 0 aromatic heterocycles. The van der Waals surface area contributed by atoms with Crippen molar-refractivity contribution in [2.45, 2.75) is 11.8 Å². The van der Waals surface area contributed by atoms with Crippen molar-refractivity contribution in [3.63, 3.8) is 0 Å². The van der Waals surface area contributed by atoms with Crippen molar-refractivity contribution in [2.24, 2.45) is 0 Å². The van der Waals surface area contributed by atoms with Crippen LogP contribution in [0.3, 0.4) is 0 Å². The van der Waals surface area contributed by atoms with Gasteiger partial charge in [-0.2, -0.15) is 0 Å². The van der Waals surface area contributed by atoms with Gasteiger partial charge in [-0.15, -0.1) is 0 Å². The Bertz CT molecular complexity index is 938. The molecule has 2 aromatic rings. The van der Waals surface area contributed by atoms with Gasteiger partial charge < -0.3 is 14.3 Å². The van der Waals surface area contributed by atoms with Gasteiger partial charge in [-0.3, -0.25) is 9.00 Å². The zero-order valence-electron chi connectivity index (χ0n) is 18.4. The summed E-state index contributed by atoms with van der Waals surface area (Å²) < 4.78 is 45.5. The van der Waals surface area contributed by atoms with E-state index in [-0.39, 0.29) is 17.1 Å². The first kappa shape index (κ1) is 35.9. The summed E-state index contributed by atoms with van der Waals surface area (Å²) in [7, 11) is 1.54. The molecule has 2 aromatic carbocycles. The van der Waals surface area contributed by atoms with E-state index in [1.54, 1.807) is 30.7 Å². The molecular weight excluding hydrogens is 504 g/mol. The van der Waals surface area contributed by atoms with E-state index in [2.05, 4.69) is 20.0 Å². The quantitative estimate of drug-likeness (QED) is 0.204. The predicted octanol–water partition coefficient (Wildman–Crippen LogP) is 3.21. The normalized spacial score (nSPS) is 9.59. The van der Waals surface area contributed by atoms with E-state index in [1.165, 1.54) is 26.4 Å². The van der Waals surface area contributed by atoms with Crippen LogP contribution < -0.4 is 9.47 Å². The van der Waals surface area contributed by atoms with Gasteiger partial charge >= 0.3 is 33.9 Å². The molecule has 0 aliphatic rings. The summed E-state index contributed by atoms with van der Waals surface area (Å²) in [5.41, 5.74) is 1.79. The molecule has 0 amide bonds. The van der Waals surface area contributed by atoms with Crippen molar-refractivity contribution in [3.05, 3.63) is 97.6 Å². The number of carbonyl (C=O) groups is 2. The zero-order chi connectivity index (χ0) is 25.8. The zero-order valence-corrected chi connectivity index (χ0v) is 20.3. The fraction of sp³-hybridized carbons (Fsp3) is 0.125. The molecular formula is C24H20FeO8S. The van der Waals surface area contributed by atoms with Crippen molar-refractivity contribution >= 4 is 23.4 Å². The molecule has 0 unspecified atom stereocenters.